The summed E-state index contributed by atoms with van der Waals surface area (Å²) < 4.78 is 0. The number of aryl methyl sites for hydroxylation is 1. The van der Waals surface area contributed by atoms with Crippen LogP contribution in [-0.2, 0) is 4.79 Å². The molecule has 4 nitrogen and oxygen atoms in total. The zero-order valence-corrected chi connectivity index (χ0v) is 9.77. The summed E-state index contributed by atoms with van der Waals surface area (Å²) in [4.78, 5) is 9.00. The van der Waals surface area contributed by atoms with E-state index < -0.39 is 5.97 Å². The number of hydrogen-bond acceptors (Lipinski definition) is 3. The molecule has 1 rings (SSSR count). The average Bonchev–Trinajstić information content (AvgIpc) is 2.16. The Morgan fingerprint density at radius 3 is 2.31 bits per heavy atom. The normalized spacial score (nSPS) is 11.2. The summed E-state index contributed by atoms with van der Waals surface area (Å²) in [6.07, 6.45) is 0. The van der Waals surface area contributed by atoms with Gasteiger partial charge in [0.15, 0.2) is 0 Å². The second kappa shape index (κ2) is 6.85. The molecular formula is C12H18O4. The highest BCUT2D eigenvalue weighted by molar-refractivity contribution is 5.62. The van der Waals surface area contributed by atoms with Crippen molar-refractivity contribution in [2.75, 3.05) is 6.61 Å². The Labute approximate surface area is 95.2 Å². The van der Waals surface area contributed by atoms with E-state index in [0.29, 0.717) is 0 Å². The quantitative estimate of drug-likeness (QED) is 0.719. The Morgan fingerprint density at radius 1 is 1.44 bits per heavy atom. The number of aliphatic hydroxyl groups excluding tert-OH is 1. The summed E-state index contributed by atoms with van der Waals surface area (Å²) in [5.74, 6) is -0.554. The van der Waals surface area contributed by atoms with Gasteiger partial charge in [0.05, 0.1) is 0 Å². The Hall–Kier alpha value is -1.55. The summed E-state index contributed by atoms with van der Waals surface area (Å²) in [6, 6.07) is 5.49. The van der Waals surface area contributed by atoms with Crippen molar-refractivity contribution in [1.82, 2.24) is 0 Å². The highest BCUT2D eigenvalue weighted by Crippen LogP contribution is 2.25. The first-order valence-electron chi connectivity index (χ1n) is 4.98. The smallest absolute Gasteiger partial charge is 0.300 e. The molecule has 1 unspecified atom stereocenters. The van der Waals surface area contributed by atoms with Crippen LogP contribution in [0.15, 0.2) is 18.2 Å². The zero-order valence-electron chi connectivity index (χ0n) is 9.77. The maximum absolute atomic E-state index is 9.48. The number of aromatic hydroxyl groups is 1. The molecule has 1 aromatic rings. The van der Waals surface area contributed by atoms with Crippen LogP contribution < -0.4 is 0 Å². The molecule has 1 aromatic carbocycles. The first-order valence-corrected chi connectivity index (χ1v) is 4.98. The van der Waals surface area contributed by atoms with Gasteiger partial charge in [0.1, 0.15) is 5.75 Å². The minimum Gasteiger partial charge on any atom is -0.508 e. The van der Waals surface area contributed by atoms with Gasteiger partial charge in [-0.2, -0.15) is 0 Å². The van der Waals surface area contributed by atoms with E-state index in [4.69, 9.17) is 15.0 Å². The van der Waals surface area contributed by atoms with E-state index in [1.807, 2.05) is 26.0 Å². The molecule has 0 saturated carbocycles. The maximum Gasteiger partial charge on any atom is 0.300 e. The molecule has 90 valence electrons. The number of phenolic OH excluding ortho intramolecular Hbond substituents is 1. The van der Waals surface area contributed by atoms with Crippen LogP contribution in [0.4, 0.5) is 0 Å². The van der Waals surface area contributed by atoms with Crippen LogP contribution in [0.5, 0.6) is 5.75 Å². The molecule has 0 bridgehead atoms. The van der Waals surface area contributed by atoms with Gasteiger partial charge in [0, 0.05) is 19.4 Å². The van der Waals surface area contributed by atoms with E-state index >= 15 is 0 Å². The zero-order chi connectivity index (χ0) is 12.7. The number of aliphatic hydroxyl groups is 1. The Balaban J connectivity index is 0.000000487. The van der Waals surface area contributed by atoms with Gasteiger partial charge in [-0.3, -0.25) is 4.79 Å². The monoisotopic (exact) mass is 226 g/mol. The molecule has 4 heteroatoms. The van der Waals surface area contributed by atoms with Crippen LogP contribution in [-0.4, -0.2) is 27.9 Å². The summed E-state index contributed by atoms with van der Waals surface area (Å²) in [5.41, 5.74) is 1.84. The number of carboxylic acid groups (broad SMARTS) is 1. The number of phenols is 1. The van der Waals surface area contributed by atoms with E-state index in [9.17, 15) is 5.11 Å². The number of carbonyl (C=O) groups is 1. The lowest BCUT2D eigenvalue weighted by Crippen LogP contribution is -1.98. The van der Waals surface area contributed by atoms with Crippen LogP contribution in [0, 0.1) is 6.92 Å². The van der Waals surface area contributed by atoms with Crippen LogP contribution >= 0.6 is 0 Å². The van der Waals surface area contributed by atoms with Crippen molar-refractivity contribution in [3.05, 3.63) is 29.3 Å². The SMILES string of the molecule is CC(=O)O.Cc1ccc(C(C)CO)c(O)c1. The average molecular weight is 226 g/mol. The van der Waals surface area contributed by atoms with E-state index in [-0.39, 0.29) is 18.3 Å². The fraction of sp³-hybridized carbons (Fsp3) is 0.417. The number of benzene rings is 1. The lowest BCUT2D eigenvalue weighted by atomic mass is 10.00. The molecule has 0 aromatic heterocycles. The van der Waals surface area contributed by atoms with Crippen LogP contribution in [0.25, 0.3) is 0 Å². The standard InChI is InChI=1S/C10H14O2.C2H4O2/c1-7-3-4-9(8(2)6-11)10(12)5-7;1-2(3)4/h3-5,8,11-12H,6H2,1-2H3;1H3,(H,3,4). The third kappa shape index (κ3) is 5.36. The number of hydrogen-bond donors (Lipinski definition) is 3. The molecule has 0 heterocycles. The van der Waals surface area contributed by atoms with Crippen LogP contribution in [0.2, 0.25) is 0 Å². The summed E-state index contributed by atoms with van der Waals surface area (Å²) >= 11 is 0. The van der Waals surface area contributed by atoms with E-state index in [2.05, 4.69) is 0 Å². The third-order valence-electron chi connectivity index (χ3n) is 1.99. The highest BCUT2D eigenvalue weighted by atomic mass is 16.4. The van der Waals surface area contributed by atoms with Crippen molar-refractivity contribution in [3.8, 4) is 5.75 Å². The Kier molecular flexibility index (Phi) is 6.18. The molecule has 0 saturated heterocycles. The van der Waals surface area contributed by atoms with Gasteiger partial charge in [-0.05, 0) is 24.1 Å². The van der Waals surface area contributed by atoms with Crippen molar-refractivity contribution in [2.24, 2.45) is 0 Å². The number of carboxylic acids is 1. The number of aliphatic carboxylic acids is 1. The Bertz CT molecular complexity index is 343. The molecule has 0 aliphatic rings. The molecule has 0 amide bonds. The van der Waals surface area contributed by atoms with Gasteiger partial charge in [-0.1, -0.05) is 19.1 Å². The molecule has 1 atom stereocenters. The topological polar surface area (TPSA) is 77.8 Å². The minimum atomic E-state index is -0.833. The summed E-state index contributed by atoms with van der Waals surface area (Å²) in [5, 5.41) is 25.8. The minimum absolute atomic E-state index is 0.00519. The molecule has 0 fully saturated rings. The largest absolute Gasteiger partial charge is 0.508 e. The first kappa shape index (κ1) is 14.5. The van der Waals surface area contributed by atoms with E-state index in [0.717, 1.165) is 18.1 Å². The van der Waals surface area contributed by atoms with E-state index in [1.54, 1.807) is 6.07 Å². The molecule has 3 N–H and O–H groups in total. The van der Waals surface area contributed by atoms with Gasteiger partial charge < -0.3 is 15.3 Å². The molecule has 0 spiro atoms. The lowest BCUT2D eigenvalue weighted by Gasteiger charge is -2.10. The van der Waals surface area contributed by atoms with Crippen molar-refractivity contribution >= 4 is 5.97 Å². The first-order chi connectivity index (χ1) is 7.38. The predicted octanol–water partition coefficient (Wildman–Crippen LogP) is 1.89. The van der Waals surface area contributed by atoms with Crippen molar-refractivity contribution in [1.29, 1.82) is 0 Å². The molecular weight excluding hydrogens is 208 g/mol. The lowest BCUT2D eigenvalue weighted by molar-refractivity contribution is -0.134. The number of rotatable bonds is 2. The summed E-state index contributed by atoms with van der Waals surface area (Å²) in [7, 11) is 0. The van der Waals surface area contributed by atoms with Crippen molar-refractivity contribution in [2.45, 2.75) is 26.7 Å². The second-order valence-corrected chi connectivity index (χ2v) is 3.66. The van der Waals surface area contributed by atoms with Gasteiger partial charge >= 0.3 is 0 Å². The van der Waals surface area contributed by atoms with Crippen LogP contribution in [0.1, 0.15) is 30.9 Å². The van der Waals surface area contributed by atoms with Gasteiger partial charge in [0.2, 0.25) is 0 Å². The predicted molar refractivity (Wildman–Crippen MR) is 61.7 cm³/mol. The highest BCUT2D eigenvalue weighted by Gasteiger charge is 2.08. The van der Waals surface area contributed by atoms with Gasteiger partial charge in [0.25, 0.3) is 5.97 Å². The summed E-state index contributed by atoms with van der Waals surface area (Å²) in [6.45, 7) is 4.95. The second-order valence-electron chi connectivity index (χ2n) is 3.66. The molecule has 0 radical (unpaired) electrons. The molecule has 0 aliphatic heterocycles. The van der Waals surface area contributed by atoms with Crippen molar-refractivity contribution in [3.63, 3.8) is 0 Å². The fourth-order valence-electron chi connectivity index (χ4n) is 1.17. The molecule has 0 aliphatic carbocycles. The van der Waals surface area contributed by atoms with Gasteiger partial charge in [-0.15, -0.1) is 0 Å². The molecule has 16 heavy (non-hydrogen) atoms. The maximum atomic E-state index is 9.48. The third-order valence-corrected chi connectivity index (χ3v) is 1.99. The Morgan fingerprint density at radius 2 is 1.94 bits per heavy atom. The fourth-order valence-corrected chi connectivity index (χ4v) is 1.17. The van der Waals surface area contributed by atoms with Crippen LogP contribution in [0.3, 0.4) is 0 Å². The van der Waals surface area contributed by atoms with E-state index in [1.165, 1.54) is 0 Å². The van der Waals surface area contributed by atoms with Gasteiger partial charge in [-0.25, -0.2) is 0 Å². The van der Waals surface area contributed by atoms with Crippen molar-refractivity contribution < 1.29 is 20.1 Å².